The Bertz CT molecular complexity index is 678. The minimum absolute atomic E-state index is 0.856. The van der Waals surface area contributed by atoms with E-state index >= 15 is 0 Å². The molecule has 0 radical (unpaired) electrons. The lowest BCUT2D eigenvalue weighted by Crippen LogP contribution is -1.86. The highest BCUT2D eigenvalue weighted by atomic mass is 32.1. The molecule has 0 fully saturated rings. The number of aryl methyl sites for hydroxylation is 2. The maximum atomic E-state index is 4.73. The molecule has 0 aliphatic rings. The molecule has 19 heavy (non-hydrogen) atoms. The van der Waals surface area contributed by atoms with Crippen LogP contribution >= 0.6 is 34.0 Å². The van der Waals surface area contributed by atoms with E-state index < -0.39 is 0 Å². The smallest absolute Gasteiger partial charge is 0.100 e. The lowest BCUT2D eigenvalue weighted by Gasteiger charge is -1.91. The molecule has 0 aromatic carbocycles. The highest BCUT2D eigenvalue weighted by Gasteiger charge is 2.09. The van der Waals surface area contributed by atoms with Gasteiger partial charge in [0, 0.05) is 21.3 Å². The van der Waals surface area contributed by atoms with Crippen molar-refractivity contribution in [2.75, 3.05) is 0 Å². The fourth-order valence-electron chi connectivity index (χ4n) is 1.82. The number of hydrogen-bond acceptors (Lipinski definition) is 5. The molecule has 5 heteroatoms. The summed E-state index contributed by atoms with van der Waals surface area (Å²) in [7, 11) is 0. The zero-order valence-corrected chi connectivity index (χ0v) is 13.3. The molecule has 2 nitrogen and oxygen atoms in total. The average molecular weight is 306 g/mol. The van der Waals surface area contributed by atoms with Crippen molar-refractivity contribution < 1.29 is 0 Å². The van der Waals surface area contributed by atoms with Gasteiger partial charge in [-0.2, -0.15) is 0 Å². The summed E-state index contributed by atoms with van der Waals surface area (Å²) in [6.07, 6.45) is 1.95. The number of rotatable bonds is 4. The molecule has 0 spiro atoms. The van der Waals surface area contributed by atoms with Crippen molar-refractivity contribution in [1.29, 1.82) is 0 Å². The van der Waals surface area contributed by atoms with E-state index in [0.29, 0.717) is 0 Å². The first-order chi connectivity index (χ1) is 9.24. The first-order valence-electron chi connectivity index (χ1n) is 6.19. The van der Waals surface area contributed by atoms with Crippen molar-refractivity contribution >= 4 is 34.0 Å². The maximum absolute atomic E-state index is 4.73. The van der Waals surface area contributed by atoms with Crippen molar-refractivity contribution in [3.63, 3.8) is 0 Å². The first-order valence-corrected chi connectivity index (χ1v) is 8.76. The van der Waals surface area contributed by atoms with Gasteiger partial charge in [-0.25, -0.2) is 9.97 Å². The third kappa shape index (κ3) is 2.94. The van der Waals surface area contributed by atoms with Crippen LogP contribution in [-0.4, -0.2) is 9.97 Å². The fourth-order valence-corrected chi connectivity index (χ4v) is 4.47. The Morgan fingerprint density at radius 1 is 1.05 bits per heavy atom. The van der Waals surface area contributed by atoms with E-state index in [1.54, 1.807) is 22.7 Å². The van der Waals surface area contributed by atoms with Gasteiger partial charge >= 0.3 is 0 Å². The van der Waals surface area contributed by atoms with Gasteiger partial charge in [0.15, 0.2) is 0 Å². The second-order valence-electron chi connectivity index (χ2n) is 4.31. The van der Waals surface area contributed by atoms with Crippen LogP contribution in [0.25, 0.3) is 10.6 Å². The predicted octanol–water partition coefficient (Wildman–Crippen LogP) is 4.79. The summed E-state index contributed by atoms with van der Waals surface area (Å²) in [4.78, 5) is 11.9. The van der Waals surface area contributed by atoms with Gasteiger partial charge in [-0.15, -0.1) is 34.0 Å². The van der Waals surface area contributed by atoms with Gasteiger partial charge in [0.25, 0.3) is 0 Å². The highest BCUT2D eigenvalue weighted by molar-refractivity contribution is 7.16. The summed E-state index contributed by atoms with van der Waals surface area (Å²) >= 11 is 5.28. The summed E-state index contributed by atoms with van der Waals surface area (Å²) in [5.74, 6) is 0. The number of nitrogens with zero attached hydrogens (tertiary/aromatic N) is 2. The zero-order chi connectivity index (χ0) is 13.2. The Hall–Kier alpha value is -1.04. The SMILES string of the molecule is CCc1ccc(-c2csc(Cc3nc(C)cs3)n2)s1. The average Bonchev–Trinajstić information content (AvgIpc) is 3.10. The van der Waals surface area contributed by atoms with E-state index in [-0.39, 0.29) is 0 Å². The lowest BCUT2D eigenvalue weighted by atomic mass is 10.3. The number of thiophene rings is 1. The molecule has 0 bridgehead atoms. The topological polar surface area (TPSA) is 25.8 Å². The number of thiazole rings is 2. The third-order valence-corrected chi connectivity index (χ3v) is 5.85. The van der Waals surface area contributed by atoms with Gasteiger partial charge in [0.05, 0.1) is 22.0 Å². The minimum atomic E-state index is 0.856. The van der Waals surface area contributed by atoms with Crippen molar-refractivity contribution in [3.8, 4) is 10.6 Å². The lowest BCUT2D eigenvalue weighted by molar-refractivity contribution is 1.08. The van der Waals surface area contributed by atoms with Crippen molar-refractivity contribution in [2.45, 2.75) is 26.7 Å². The standard InChI is InChI=1S/C14H14N2S3/c1-3-10-4-5-12(19-10)11-8-18-14(16-11)6-13-15-9(2)7-17-13/h4-5,7-8H,3,6H2,1-2H3. The van der Waals surface area contributed by atoms with Gasteiger partial charge in [0.2, 0.25) is 0 Å². The molecule has 0 saturated heterocycles. The third-order valence-electron chi connectivity index (χ3n) is 2.78. The molecule has 0 aliphatic carbocycles. The van der Waals surface area contributed by atoms with Crippen LogP contribution < -0.4 is 0 Å². The Morgan fingerprint density at radius 2 is 1.84 bits per heavy atom. The van der Waals surface area contributed by atoms with Crippen LogP contribution in [0.5, 0.6) is 0 Å². The minimum Gasteiger partial charge on any atom is -0.246 e. The molecule has 3 aromatic heterocycles. The quantitative estimate of drug-likeness (QED) is 0.692. The van der Waals surface area contributed by atoms with E-state index in [9.17, 15) is 0 Å². The normalized spacial score (nSPS) is 11.1. The van der Waals surface area contributed by atoms with E-state index in [1.807, 2.05) is 18.3 Å². The Morgan fingerprint density at radius 3 is 2.53 bits per heavy atom. The van der Waals surface area contributed by atoms with Gasteiger partial charge in [-0.1, -0.05) is 6.92 Å². The molecule has 3 rings (SSSR count). The molecule has 3 aromatic rings. The van der Waals surface area contributed by atoms with Crippen LogP contribution in [0.3, 0.4) is 0 Å². The second kappa shape index (κ2) is 5.53. The van der Waals surface area contributed by atoms with Crippen LogP contribution in [0.2, 0.25) is 0 Å². The number of hydrogen-bond donors (Lipinski definition) is 0. The summed E-state index contributed by atoms with van der Waals surface area (Å²) in [6, 6.07) is 4.37. The van der Waals surface area contributed by atoms with Gasteiger partial charge in [0.1, 0.15) is 5.01 Å². The summed E-state index contributed by atoms with van der Waals surface area (Å²) in [5.41, 5.74) is 2.21. The predicted molar refractivity (Wildman–Crippen MR) is 84.5 cm³/mol. The van der Waals surface area contributed by atoms with Crippen molar-refractivity contribution in [3.05, 3.63) is 43.5 Å². The number of aromatic nitrogens is 2. The molecule has 0 amide bonds. The van der Waals surface area contributed by atoms with Crippen LogP contribution in [0.15, 0.2) is 22.9 Å². The van der Waals surface area contributed by atoms with E-state index in [1.165, 1.54) is 9.75 Å². The van der Waals surface area contributed by atoms with Crippen molar-refractivity contribution in [2.24, 2.45) is 0 Å². The zero-order valence-electron chi connectivity index (χ0n) is 10.8. The summed E-state index contributed by atoms with van der Waals surface area (Å²) in [6.45, 7) is 4.22. The van der Waals surface area contributed by atoms with Crippen LogP contribution in [0, 0.1) is 6.92 Å². The van der Waals surface area contributed by atoms with Gasteiger partial charge in [-0.05, 0) is 25.5 Å². The molecule has 3 heterocycles. The monoisotopic (exact) mass is 306 g/mol. The molecule has 0 atom stereocenters. The summed E-state index contributed by atoms with van der Waals surface area (Å²) < 4.78 is 0. The Balaban J connectivity index is 1.79. The van der Waals surface area contributed by atoms with Crippen LogP contribution in [-0.2, 0) is 12.8 Å². The fraction of sp³-hybridized carbons (Fsp3) is 0.286. The van der Waals surface area contributed by atoms with Crippen molar-refractivity contribution in [1.82, 2.24) is 9.97 Å². The molecule has 0 unspecified atom stereocenters. The molecule has 0 saturated carbocycles. The van der Waals surface area contributed by atoms with E-state index in [4.69, 9.17) is 4.98 Å². The second-order valence-corrected chi connectivity index (χ2v) is 7.36. The molecular weight excluding hydrogens is 292 g/mol. The van der Waals surface area contributed by atoms with E-state index in [0.717, 1.165) is 34.2 Å². The largest absolute Gasteiger partial charge is 0.246 e. The summed E-state index contributed by atoms with van der Waals surface area (Å²) in [5, 5.41) is 6.55. The molecule has 0 aliphatic heterocycles. The molecule has 0 N–H and O–H groups in total. The van der Waals surface area contributed by atoms with Gasteiger partial charge < -0.3 is 0 Å². The Kier molecular flexibility index (Phi) is 3.77. The van der Waals surface area contributed by atoms with E-state index in [2.05, 4.69) is 34.8 Å². The first kappa shape index (κ1) is 13.0. The van der Waals surface area contributed by atoms with Crippen LogP contribution in [0.4, 0.5) is 0 Å². The maximum Gasteiger partial charge on any atom is 0.100 e. The highest BCUT2D eigenvalue weighted by Crippen LogP contribution is 2.30. The Labute approximate surface area is 124 Å². The molecular formula is C14H14N2S3. The molecule has 98 valence electrons. The van der Waals surface area contributed by atoms with Crippen LogP contribution in [0.1, 0.15) is 27.5 Å². The van der Waals surface area contributed by atoms with Gasteiger partial charge in [-0.3, -0.25) is 0 Å².